The molecule has 2 heterocycles. The number of urea groups is 1. The van der Waals surface area contributed by atoms with Crippen molar-refractivity contribution in [2.75, 3.05) is 32.8 Å². The number of nitrogens with zero attached hydrogens (tertiary/aromatic N) is 2. The molecule has 0 unspecified atom stereocenters. The Morgan fingerprint density at radius 3 is 2.67 bits per heavy atom. The highest BCUT2D eigenvalue weighted by atomic mass is 16.5. The molecule has 0 radical (unpaired) electrons. The molecular weight excluding hydrogens is 268 g/mol. The van der Waals surface area contributed by atoms with Gasteiger partial charge in [0, 0.05) is 26.2 Å². The number of rotatable bonds is 3. The minimum absolute atomic E-state index is 0.101. The molecule has 2 aliphatic carbocycles. The van der Waals surface area contributed by atoms with Gasteiger partial charge in [0.2, 0.25) is 0 Å². The molecule has 0 aromatic heterocycles. The highest BCUT2D eigenvalue weighted by Crippen LogP contribution is 2.35. The molecule has 4 fully saturated rings. The van der Waals surface area contributed by atoms with Crippen LogP contribution in [0.5, 0.6) is 0 Å². The van der Waals surface area contributed by atoms with Crippen LogP contribution >= 0.6 is 0 Å². The van der Waals surface area contributed by atoms with Crippen LogP contribution in [0.2, 0.25) is 0 Å². The van der Waals surface area contributed by atoms with E-state index in [1.54, 1.807) is 0 Å². The van der Waals surface area contributed by atoms with Crippen LogP contribution in [0.1, 0.15) is 38.5 Å². The molecule has 4 rings (SSSR count). The number of ether oxygens (including phenoxy) is 2. The molecule has 0 bridgehead atoms. The summed E-state index contributed by atoms with van der Waals surface area (Å²) in [7, 11) is 0. The van der Waals surface area contributed by atoms with Gasteiger partial charge in [-0.25, -0.2) is 4.79 Å². The lowest BCUT2D eigenvalue weighted by Gasteiger charge is -2.40. The zero-order chi connectivity index (χ0) is 14.2. The second-order valence-electron chi connectivity index (χ2n) is 6.97. The van der Waals surface area contributed by atoms with E-state index in [2.05, 4.69) is 4.90 Å². The van der Waals surface area contributed by atoms with Crippen LogP contribution < -0.4 is 0 Å². The summed E-state index contributed by atoms with van der Waals surface area (Å²) < 4.78 is 12.0. The molecule has 0 N–H and O–H groups in total. The number of carbonyl (C=O) groups is 1. The number of fused-ring (bicyclic) bond motifs is 1. The molecule has 0 aromatic carbocycles. The molecule has 4 aliphatic rings. The number of hydrogen-bond donors (Lipinski definition) is 0. The van der Waals surface area contributed by atoms with Crippen molar-refractivity contribution in [3.8, 4) is 0 Å². The summed E-state index contributed by atoms with van der Waals surface area (Å²) in [5.74, 6) is 0.787. The largest absolute Gasteiger partial charge is 0.375 e. The third-order valence-electron chi connectivity index (χ3n) is 5.40. The molecule has 2 amide bonds. The van der Waals surface area contributed by atoms with E-state index < -0.39 is 0 Å². The van der Waals surface area contributed by atoms with Crippen molar-refractivity contribution in [1.29, 1.82) is 0 Å². The van der Waals surface area contributed by atoms with Gasteiger partial charge in [0.25, 0.3) is 0 Å². The van der Waals surface area contributed by atoms with Crippen molar-refractivity contribution in [1.82, 2.24) is 9.80 Å². The molecule has 0 aromatic rings. The van der Waals surface area contributed by atoms with Crippen molar-refractivity contribution in [2.45, 2.75) is 56.8 Å². The van der Waals surface area contributed by atoms with E-state index in [-0.39, 0.29) is 24.3 Å². The maximum atomic E-state index is 12.7. The van der Waals surface area contributed by atoms with Crippen molar-refractivity contribution in [2.24, 2.45) is 5.92 Å². The fourth-order valence-corrected chi connectivity index (χ4v) is 3.97. The summed E-state index contributed by atoms with van der Waals surface area (Å²) in [6.07, 6.45) is 7.30. The van der Waals surface area contributed by atoms with Gasteiger partial charge in [-0.15, -0.1) is 0 Å². The number of hydrogen-bond acceptors (Lipinski definition) is 3. The first-order chi connectivity index (χ1) is 10.3. The van der Waals surface area contributed by atoms with Gasteiger partial charge in [-0.2, -0.15) is 0 Å². The summed E-state index contributed by atoms with van der Waals surface area (Å²) in [6, 6.07) is 0.463. The number of carbonyl (C=O) groups excluding carboxylic acids is 1. The van der Waals surface area contributed by atoms with Gasteiger partial charge in [0.1, 0.15) is 6.10 Å². The van der Waals surface area contributed by atoms with Crippen molar-refractivity contribution in [3.63, 3.8) is 0 Å². The smallest absolute Gasteiger partial charge is 0.320 e. The first-order valence-electron chi connectivity index (χ1n) is 8.61. The average Bonchev–Trinajstić information content (AvgIpc) is 3.03. The molecule has 21 heavy (non-hydrogen) atoms. The number of likely N-dealkylation sites (tertiary alicyclic amines) is 1. The van der Waals surface area contributed by atoms with Gasteiger partial charge in [0.15, 0.2) is 0 Å². The first-order valence-corrected chi connectivity index (χ1v) is 8.61. The Morgan fingerprint density at radius 2 is 1.90 bits per heavy atom. The van der Waals surface area contributed by atoms with Gasteiger partial charge in [-0.3, -0.25) is 0 Å². The van der Waals surface area contributed by atoms with E-state index in [9.17, 15) is 4.79 Å². The van der Waals surface area contributed by atoms with Gasteiger partial charge in [-0.05, 0) is 44.4 Å². The van der Waals surface area contributed by atoms with E-state index in [1.165, 1.54) is 12.8 Å². The Bertz CT molecular complexity index is 393. The van der Waals surface area contributed by atoms with Gasteiger partial charge < -0.3 is 19.3 Å². The molecule has 2 aliphatic heterocycles. The van der Waals surface area contributed by atoms with Crippen molar-refractivity contribution < 1.29 is 14.3 Å². The van der Waals surface area contributed by atoms with Crippen LogP contribution in [0.25, 0.3) is 0 Å². The summed E-state index contributed by atoms with van der Waals surface area (Å²) in [5.41, 5.74) is 0. The summed E-state index contributed by atoms with van der Waals surface area (Å²) in [6.45, 7) is 4.14. The molecule has 2 saturated heterocycles. The van der Waals surface area contributed by atoms with E-state index in [0.717, 1.165) is 57.8 Å². The fraction of sp³-hybridized carbons (Fsp3) is 0.938. The molecule has 0 spiro atoms. The predicted molar refractivity (Wildman–Crippen MR) is 78.1 cm³/mol. The van der Waals surface area contributed by atoms with Crippen LogP contribution in [0.3, 0.4) is 0 Å². The number of amides is 2. The van der Waals surface area contributed by atoms with Gasteiger partial charge in [-0.1, -0.05) is 0 Å². The molecule has 5 heteroatoms. The predicted octanol–water partition coefficient (Wildman–Crippen LogP) is 1.86. The second-order valence-corrected chi connectivity index (χ2v) is 6.97. The number of morpholine rings is 1. The lowest BCUT2D eigenvalue weighted by molar-refractivity contribution is -0.106. The second kappa shape index (κ2) is 5.76. The Morgan fingerprint density at radius 1 is 1.10 bits per heavy atom. The van der Waals surface area contributed by atoms with Crippen molar-refractivity contribution >= 4 is 6.03 Å². The van der Waals surface area contributed by atoms with Gasteiger partial charge in [0.05, 0.1) is 18.8 Å². The minimum Gasteiger partial charge on any atom is -0.375 e. The van der Waals surface area contributed by atoms with E-state index >= 15 is 0 Å². The Balaban J connectivity index is 1.38. The maximum Gasteiger partial charge on any atom is 0.320 e. The zero-order valence-electron chi connectivity index (χ0n) is 12.7. The molecule has 3 atom stereocenters. The van der Waals surface area contributed by atoms with Crippen LogP contribution in [0, 0.1) is 5.92 Å². The lowest BCUT2D eigenvalue weighted by atomic mass is 10.1. The van der Waals surface area contributed by atoms with Gasteiger partial charge >= 0.3 is 6.03 Å². The monoisotopic (exact) mass is 294 g/mol. The quantitative estimate of drug-likeness (QED) is 0.798. The van der Waals surface area contributed by atoms with Crippen LogP contribution in [0.15, 0.2) is 0 Å². The first kappa shape index (κ1) is 13.8. The molecule has 118 valence electrons. The van der Waals surface area contributed by atoms with Crippen LogP contribution in [-0.2, 0) is 9.47 Å². The maximum absolute atomic E-state index is 12.7. The summed E-state index contributed by atoms with van der Waals surface area (Å²) in [4.78, 5) is 16.8. The van der Waals surface area contributed by atoms with Crippen LogP contribution in [0.4, 0.5) is 4.79 Å². The molecular formula is C16H26N2O3. The lowest BCUT2D eigenvalue weighted by Crippen LogP contribution is -2.56. The highest BCUT2D eigenvalue weighted by Gasteiger charge is 2.46. The summed E-state index contributed by atoms with van der Waals surface area (Å²) in [5, 5.41) is 0. The highest BCUT2D eigenvalue weighted by molar-refractivity contribution is 5.75. The van der Waals surface area contributed by atoms with E-state index in [1.807, 2.05) is 4.90 Å². The molecule has 5 nitrogen and oxygen atoms in total. The minimum atomic E-state index is 0.101. The topological polar surface area (TPSA) is 42.0 Å². The Kier molecular flexibility index (Phi) is 3.79. The average molecular weight is 294 g/mol. The zero-order valence-corrected chi connectivity index (χ0v) is 12.7. The fourth-order valence-electron chi connectivity index (χ4n) is 3.97. The van der Waals surface area contributed by atoms with Crippen LogP contribution in [-0.4, -0.2) is 66.9 Å². The molecule has 2 saturated carbocycles. The third kappa shape index (κ3) is 2.78. The van der Waals surface area contributed by atoms with Crippen molar-refractivity contribution in [3.05, 3.63) is 0 Å². The SMILES string of the molecule is O=C(N1CCCC1)N1CCO[C@H]2[C@H](OCC3CC3)CC[C@@H]21. The normalized spacial score (nSPS) is 36.1. The standard InChI is InChI=1S/C16H26N2O3/c19-16(17-7-1-2-8-17)18-9-10-20-15-13(18)5-6-14(15)21-11-12-3-4-12/h12-15H,1-11H2/t13-,14+,15+/m0/s1. The third-order valence-corrected chi connectivity index (χ3v) is 5.40. The van der Waals surface area contributed by atoms with E-state index in [4.69, 9.17) is 9.47 Å². The Labute approximate surface area is 126 Å². The Hall–Kier alpha value is -0.810. The summed E-state index contributed by atoms with van der Waals surface area (Å²) >= 11 is 0. The van der Waals surface area contributed by atoms with E-state index in [0.29, 0.717) is 6.61 Å².